The quantitative estimate of drug-likeness (QED) is 0.758. The van der Waals surface area contributed by atoms with Gasteiger partial charge in [0.15, 0.2) is 0 Å². The van der Waals surface area contributed by atoms with Crippen molar-refractivity contribution in [3.8, 4) is 0 Å². The number of nitrogens with one attached hydrogen (secondary N) is 1. The summed E-state index contributed by atoms with van der Waals surface area (Å²) in [7, 11) is 0. The van der Waals surface area contributed by atoms with E-state index in [9.17, 15) is 5.11 Å². The van der Waals surface area contributed by atoms with Gasteiger partial charge in [-0.25, -0.2) is 0 Å². The molecule has 2 atom stereocenters. The van der Waals surface area contributed by atoms with Crippen molar-refractivity contribution in [1.29, 1.82) is 0 Å². The van der Waals surface area contributed by atoms with Gasteiger partial charge in [-0.15, -0.1) is 0 Å². The lowest BCUT2D eigenvalue weighted by Gasteiger charge is -2.23. The highest BCUT2D eigenvalue weighted by molar-refractivity contribution is 5.16. The van der Waals surface area contributed by atoms with E-state index in [1.165, 1.54) is 18.4 Å². The molecule has 0 saturated heterocycles. The van der Waals surface area contributed by atoms with Crippen molar-refractivity contribution in [2.24, 2.45) is 5.92 Å². The first-order valence-electron chi connectivity index (χ1n) is 6.74. The van der Waals surface area contributed by atoms with Gasteiger partial charge in [0.25, 0.3) is 0 Å². The molecular weight excluding hydrogens is 210 g/mol. The van der Waals surface area contributed by atoms with Crippen LogP contribution in [0, 0.1) is 5.92 Å². The summed E-state index contributed by atoms with van der Waals surface area (Å²) in [5.41, 5.74) is 1.30. The molecule has 0 heterocycles. The van der Waals surface area contributed by atoms with Gasteiger partial charge in [-0.2, -0.15) is 0 Å². The Bertz CT molecular complexity index is 321. The summed E-state index contributed by atoms with van der Waals surface area (Å²) >= 11 is 0. The van der Waals surface area contributed by atoms with Gasteiger partial charge in [-0.1, -0.05) is 37.3 Å². The fraction of sp³-hybridized carbons (Fsp3) is 0.600. The predicted molar refractivity (Wildman–Crippen MR) is 71.0 cm³/mol. The zero-order valence-corrected chi connectivity index (χ0v) is 10.6. The topological polar surface area (TPSA) is 32.3 Å². The average molecular weight is 233 g/mol. The molecular formula is C15H23NO. The van der Waals surface area contributed by atoms with Gasteiger partial charge in [0.1, 0.15) is 0 Å². The fourth-order valence-electron chi connectivity index (χ4n) is 2.46. The molecule has 0 radical (unpaired) electrons. The Morgan fingerprint density at radius 3 is 2.53 bits per heavy atom. The fourth-order valence-corrected chi connectivity index (χ4v) is 2.46. The third-order valence-corrected chi connectivity index (χ3v) is 3.63. The third-order valence-electron chi connectivity index (χ3n) is 3.63. The number of aliphatic hydroxyl groups excluding tert-OH is 1. The van der Waals surface area contributed by atoms with Crippen LogP contribution in [-0.4, -0.2) is 23.8 Å². The first kappa shape index (κ1) is 12.6. The van der Waals surface area contributed by atoms with Gasteiger partial charge in [0.2, 0.25) is 0 Å². The van der Waals surface area contributed by atoms with Crippen molar-refractivity contribution in [2.75, 3.05) is 6.61 Å². The third kappa shape index (κ3) is 3.83. The van der Waals surface area contributed by atoms with Crippen molar-refractivity contribution in [3.63, 3.8) is 0 Å². The molecule has 94 valence electrons. The smallest absolute Gasteiger partial charge is 0.0587 e. The molecule has 1 fully saturated rings. The molecule has 2 N–H and O–H groups in total. The van der Waals surface area contributed by atoms with Crippen LogP contribution in [0.2, 0.25) is 0 Å². The molecule has 0 amide bonds. The van der Waals surface area contributed by atoms with Crippen molar-refractivity contribution in [2.45, 2.75) is 44.7 Å². The van der Waals surface area contributed by atoms with Gasteiger partial charge < -0.3 is 10.4 Å². The maximum absolute atomic E-state index is 9.47. The minimum absolute atomic E-state index is 0.197. The maximum Gasteiger partial charge on any atom is 0.0587 e. The van der Waals surface area contributed by atoms with Gasteiger partial charge in [-0.05, 0) is 37.2 Å². The van der Waals surface area contributed by atoms with Crippen LogP contribution < -0.4 is 5.32 Å². The van der Waals surface area contributed by atoms with E-state index in [0.717, 1.165) is 18.8 Å². The lowest BCUT2D eigenvalue weighted by molar-refractivity contribution is 0.223. The van der Waals surface area contributed by atoms with Crippen LogP contribution in [0.15, 0.2) is 30.3 Å². The second-order valence-corrected chi connectivity index (χ2v) is 5.09. The van der Waals surface area contributed by atoms with E-state index < -0.39 is 0 Å². The first-order valence-corrected chi connectivity index (χ1v) is 6.74. The standard InChI is InChI=1S/C15H23NO/c1-2-15(13-8-9-13)16-14(11-17)10-12-6-4-3-5-7-12/h3-7,13-17H,2,8-11H2,1H3/t14-,15?/m1/s1. The Hall–Kier alpha value is -0.860. The molecule has 2 nitrogen and oxygen atoms in total. The van der Waals surface area contributed by atoms with E-state index in [1.807, 2.05) is 6.07 Å². The normalized spacial score (nSPS) is 18.9. The summed E-state index contributed by atoms with van der Waals surface area (Å²) < 4.78 is 0. The summed E-state index contributed by atoms with van der Waals surface area (Å²) in [6.07, 6.45) is 4.79. The van der Waals surface area contributed by atoms with Crippen LogP contribution in [-0.2, 0) is 6.42 Å². The van der Waals surface area contributed by atoms with Crippen LogP contribution >= 0.6 is 0 Å². The van der Waals surface area contributed by atoms with Crippen LogP contribution in [0.3, 0.4) is 0 Å². The zero-order valence-electron chi connectivity index (χ0n) is 10.6. The second-order valence-electron chi connectivity index (χ2n) is 5.09. The van der Waals surface area contributed by atoms with Crippen molar-refractivity contribution in [1.82, 2.24) is 5.32 Å². The molecule has 0 spiro atoms. The number of benzene rings is 1. The highest BCUT2D eigenvalue weighted by Crippen LogP contribution is 2.34. The molecule has 1 aromatic rings. The summed E-state index contributed by atoms with van der Waals surface area (Å²) in [4.78, 5) is 0. The second kappa shape index (κ2) is 6.18. The van der Waals surface area contributed by atoms with E-state index in [2.05, 4.69) is 36.5 Å². The van der Waals surface area contributed by atoms with E-state index in [1.54, 1.807) is 0 Å². The highest BCUT2D eigenvalue weighted by atomic mass is 16.3. The van der Waals surface area contributed by atoms with Gasteiger partial charge in [-0.3, -0.25) is 0 Å². The van der Waals surface area contributed by atoms with Crippen LogP contribution in [0.4, 0.5) is 0 Å². The lowest BCUT2D eigenvalue weighted by atomic mass is 10.0. The number of rotatable bonds is 7. The van der Waals surface area contributed by atoms with Crippen LogP contribution in [0.5, 0.6) is 0 Å². The molecule has 1 aromatic carbocycles. The zero-order chi connectivity index (χ0) is 12.1. The average Bonchev–Trinajstić information content (AvgIpc) is 3.20. The molecule has 0 aromatic heterocycles. The summed E-state index contributed by atoms with van der Waals surface area (Å²) in [5.74, 6) is 0.852. The Labute approximate surface area is 104 Å². The van der Waals surface area contributed by atoms with E-state index in [4.69, 9.17) is 0 Å². The van der Waals surface area contributed by atoms with Crippen LogP contribution in [0.25, 0.3) is 0 Å². The van der Waals surface area contributed by atoms with E-state index in [0.29, 0.717) is 6.04 Å². The molecule has 1 unspecified atom stereocenters. The Morgan fingerprint density at radius 1 is 1.29 bits per heavy atom. The highest BCUT2D eigenvalue weighted by Gasteiger charge is 2.30. The molecule has 2 rings (SSSR count). The Balaban J connectivity index is 1.87. The van der Waals surface area contributed by atoms with Gasteiger partial charge in [0.05, 0.1) is 6.61 Å². The molecule has 1 aliphatic carbocycles. The number of hydrogen-bond acceptors (Lipinski definition) is 2. The maximum atomic E-state index is 9.47. The van der Waals surface area contributed by atoms with Gasteiger partial charge >= 0.3 is 0 Å². The molecule has 17 heavy (non-hydrogen) atoms. The molecule has 0 aliphatic heterocycles. The van der Waals surface area contributed by atoms with Crippen molar-refractivity contribution >= 4 is 0 Å². The Kier molecular flexibility index (Phi) is 4.57. The SMILES string of the molecule is CCC(N[C@@H](CO)Cc1ccccc1)C1CC1. The summed E-state index contributed by atoms with van der Waals surface area (Å²) in [6.45, 7) is 2.45. The predicted octanol–water partition coefficient (Wildman–Crippen LogP) is 2.37. The minimum atomic E-state index is 0.197. The van der Waals surface area contributed by atoms with Crippen molar-refractivity contribution in [3.05, 3.63) is 35.9 Å². The first-order chi connectivity index (χ1) is 8.33. The molecule has 0 bridgehead atoms. The number of aliphatic hydroxyl groups is 1. The van der Waals surface area contributed by atoms with Gasteiger partial charge in [0, 0.05) is 12.1 Å². The van der Waals surface area contributed by atoms with Crippen LogP contribution in [0.1, 0.15) is 31.7 Å². The minimum Gasteiger partial charge on any atom is -0.395 e. The van der Waals surface area contributed by atoms with E-state index >= 15 is 0 Å². The molecule has 1 saturated carbocycles. The number of hydrogen-bond donors (Lipinski definition) is 2. The molecule has 2 heteroatoms. The lowest BCUT2D eigenvalue weighted by Crippen LogP contribution is -2.42. The Morgan fingerprint density at radius 2 is 2.00 bits per heavy atom. The summed E-state index contributed by atoms with van der Waals surface area (Å²) in [6, 6.07) is 11.2. The summed E-state index contributed by atoms with van der Waals surface area (Å²) in [5, 5.41) is 13.1. The monoisotopic (exact) mass is 233 g/mol. The largest absolute Gasteiger partial charge is 0.395 e. The van der Waals surface area contributed by atoms with Crippen molar-refractivity contribution < 1.29 is 5.11 Å². The molecule has 1 aliphatic rings. The van der Waals surface area contributed by atoms with E-state index in [-0.39, 0.29) is 12.6 Å².